The standard InChI is InChI=1S/C11H20O3.Na/c1-9(2)14-8-11(10(12)13)6-4-3-5-7-11;/h9H,3-8H2,1-2H3,(H,12,13);/q;+1/p-1. The van der Waals surface area contributed by atoms with Crippen LogP contribution in [-0.2, 0) is 9.53 Å². The molecule has 3 nitrogen and oxygen atoms in total. The minimum Gasteiger partial charge on any atom is -0.549 e. The first-order valence-electron chi connectivity index (χ1n) is 5.40. The second kappa shape index (κ2) is 6.89. The van der Waals surface area contributed by atoms with E-state index in [1.807, 2.05) is 13.8 Å². The van der Waals surface area contributed by atoms with Crippen molar-refractivity contribution in [2.75, 3.05) is 6.61 Å². The van der Waals surface area contributed by atoms with Crippen molar-refractivity contribution >= 4 is 5.97 Å². The van der Waals surface area contributed by atoms with Gasteiger partial charge >= 0.3 is 29.6 Å². The van der Waals surface area contributed by atoms with Gasteiger partial charge in [-0.1, -0.05) is 19.3 Å². The van der Waals surface area contributed by atoms with E-state index < -0.39 is 11.4 Å². The molecule has 0 heterocycles. The summed E-state index contributed by atoms with van der Waals surface area (Å²) in [4.78, 5) is 11.1. The summed E-state index contributed by atoms with van der Waals surface area (Å²) in [5.41, 5.74) is -0.706. The van der Waals surface area contributed by atoms with Gasteiger partial charge in [0, 0.05) is 11.4 Å². The van der Waals surface area contributed by atoms with Crippen LogP contribution in [0.4, 0.5) is 0 Å². The van der Waals surface area contributed by atoms with E-state index in [-0.39, 0.29) is 35.7 Å². The maximum absolute atomic E-state index is 11.1. The van der Waals surface area contributed by atoms with Crippen LogP contribution in [0.15, 0.2) is 0 Å². The van der Waals surface area contributed by atoms with Gasteiger partial charge in [-0.2, -0.15) is 0 Å². The Morgan fingerprint density at radius 2 is 1.87 bits per heavy atom. The van der Waals surface area contributed by atoms with Gasteiger partial charge in [-0.15, -0.1) is 0 Å². The third-order valence-corrected chi connectivity index (χ3v) is 2.94. The molecule has 0 unspecified atom stereocenters. The molecule has 0 bridgehead atoms. The van der Waals surface area contributed by atoms with E-state index in [0.717, 1.165) is 19.3 Å². The number of ether oxygens (including phenoxy) is 1. The molecule has 0 aliphatic heterocycles. The molecule has 0 saturated heterocycles. The smallest absolute Gasteiger partial charge is 0.549 e. The molecule has 15 heavy (non-hydrogen) atoms. The van der Waals surface area contributed by atoms with Crippen molar-refractivity contribution < 1.29 is 44.2 Å². The molecular formula is C11H19NaO3. The molecule has 0 spiro atoms. The Kier molecular flexibility index (Phi) is 7.09. The Balaban J connectivity index is 0.00000196. The largest absolute Gasteiger partial charge is 1.00 e. The van der Waals surface area contributed by atoms with Crippen molar-refractivity contribution in [1.29, 1.82) is 0 Å². The van der Waals surface area contributed by atoms with Crippen molar-refractivity contribution in [1.82, 2.24) is 0 Å². The fraction of sp³-hybridized carbons (Fsp3) is 0.909. The Morgan fingerprint density at radius 3 is 2.27 bits per heavy atom. The van der Waals surface area contributed by atoms with Crippen LogP contribution >= 0.6 is 0 Å². The van der Waals surface area contributed by atoms with Crippen molar-refractivity contribution in [3.8, 4) is 0 Å². The number of carboxylic acids is 1. The summed E-state index contributed by atoms with van der Waals surface area (Å²) in [6.07, 6.45) is 4.61. The van der Waals surface area contributed by atoms with Crippen LogP contribution in [0, 0.1) is 5.41 Å². The van der Waals surface area contributed by atoms with Crippen molar-refractivity contribution in [2.24, 2.45) is 5.41 Å². The van der Waals surface area contributed by atoms with Gasteiger partial charge in [0.15, 0.2) is 0 Å². The number of hydrogen-bond acceptors (Lipinski definition) is 3. The second-order valence-corrected chi connectivity index (χ2v) is 4.49. The number of carboxylic acid groups (broad SMARTS) is 1. The minimum atomic E-state index is -0.933. The molecule has 1 rings (SSSR count). The average Bonchev–Trinajstić information content (AvgIpc) is 2.16. The molecule has 1 aliphatic carbocycles. The summed E-state index contributed by atoms with van der Waals surface area (Å²) in [5, 5.41) is 11.1. The summed E-state index contributed by atoms with van der Waals surface area (Å²) < 4.78 is 5.43. The Hall–Kier alpha value is 0.430. The summed E-state index contributed by atoms with van der Waals surface area (Å²) in [6.45, 7) is 4.16. The predicted octanol–water partition coefficient (Wildman–Crippen LogP) is -1.88. The third-order valence-electron chi connectivity index (χ3n) is 2.94. The number of carbonyl (C=O) groups excluding carboxylic acids is 1. The number of hydrogen-bond donors (Lipinski definition) is 0. The van der Waals surface area contributed by atoms with Gasteiger partial charge in [-0.25, -0.2) is 0 Å². The number of aliphatic carboxylic acids is 1. The van der Waals surface area contributed by atoms with E-state index in [1.54, 1.807) is 0 Å². The molecule has 1 fully saturated rings. The van der Waals surface area contributed by atoms with Crippen molar-refractivity contribution in [3.05, 3.63) is 0 Å². The second-order valence-electron chi connectivity index (χ2n) is 4.49. The van der Waals surface area contributed by atoms with Crippen molar-refractivity contribution in [3.63, 3.8) is 0 Å². The van der Waals surface area contributed by atoms with E-state index in [0.29, 0.717) is 19.4 Å². The minimum absolute atomic E-state index is 0. The molecule has 1 saturated carbocycles. The summed E-state index contributed by atoms with van der Waals surface area (Å²) in [7, 11) is 0. The van der Waals surface area contributed by atoms with Crippen LogP contribution in [0.2, 0.25) is 0 Å². The third kappa shape index (κ3) is 4.43. The van der Waals surface area contributed by atoms with Gasteiger partial charge in [0.05, 0.1) is 12.7 Å². The van der Waals surface area contributed by atoms with E-state index >= 15 is 0 Å². The van der Waals surface area contributed by atoms with Gasteiger partial charge < -0.3 is 14.6 Å². The monoisotopic (exact) mass is 222 g/mol. The molecule has 0 N–H and O–H groups in total. The van der Waals surface area contributed by atoms with Crippen LogP contribution in [-0.4, -0.2) is 18.7 Å². The van der Waals surface area contributed by atoms with E-state index in [1.165, 1.54) is 0 Å². The molecule has 0 radical (unpaired) electrons. The number of carbonyl (C=O) groups is 1. The van der Waals surface area contributed by atoms with Crippen LogP contribution < -0.4 is 34.7 Å². The SMILES string of the molecule is CC(C)OCC1(C(=O)[O-])CCCCC1.[Na+]. The molecule has 0 aromatic carbocycles. The summed E-state index contributed by atoms with van der Waals surface area (Å²) >= 11 is 0. The Labute approximate surface area is 114 Å². The molecule has 0 amide bonds. The van der Waals surface area contributed by atoms with E-state index in [2.05, 4.69) is 0 Å². The van der Waals surface area contributed by atoms with Crippen LogP contribution in [0.1, 0.15) is 46.0 Å². The first-order chi connectivity index (χ1) is 6.57. The van der Waals surface area contributed by atoms with Gasteiger partial charge in [-0.3, -0.25) is 0 Å². The molecular weight excluding hydrogens is 203 g/mol. The normalized spacial score (nSPS) is 19.7. The fourth-order valence-corrected chi connectivity index (χ4v) is 1.96. The van der Waals surface area contributed by atoms with Crippen LogP contribution in [0.5, 0.6) is 0 Å². The van der Waals surface area contributed by atoms with Gasteiger partial charge in [0.1, 0.15) is 0 Å². The van der Waals surface area contributed by atoms with Crippen molar-refractivity contribution in [2.45, 2.75) is 52.1 Å². The zero-order valence-electron chi connectivity index (χ0n) is 10.0. The zero-order valence-corrected chi connectivity index (χ0v) is 12.0. The van der Waals surface area contributed by atoms with Gasteiger partial charge in [0.25, 0.3) is 0 Å². The first kappa shape index (κ1) is 15.4. The summed E-state index contributed by atoms with van der Waals surface area (Å²) in [6, 6.07) is 0. The van der Waals surface area contributed by atoms with E-state index in [9.17, 15) is 9.90 Å². The molecule has 0 aromatic rings. The fourth-order valence-electron chi connectivity index (χ4n) is 1.96. The predicted molar refractivity (Wildman–Crippen MR) is 51.6 cm³/mol. The Morgan fingerprint density at radius 1 is 1.33 bits per heavy atom. The first-order valence-corrected chi connectivity index (χ1v) is 5.40. The van der Waals surface area contributed by atoms with Crippen LogP contribution in [0.3, 0.4) is 0 Å². The van der Waals surface area contributed by atoms with E-state index in [4.69, 9.17) is 4.74 Å². The topological polar surface area (TPSA) is 49.4 Å². The molecule has 0 atom stereocenters. The maximum Gasteiger partial charge on any atom is 1.00 e. The molecule has 1 aliphatic rings. The Bertz CT molecular complexity index is 198. The molecule has 82 valence electrons. The average molecular weight is 222 g/mol. The zero-order chi connectivity index (χ0) is 10.6. The maximum atomic E-state index is 11.1. The number of rotatable bonds is 4. The van der Waals surface area contributed by atoms with Crippen LogP contribution in [0.25, 0.3) is 0 Å². The summed E-state index contributed by atoms with van der Waals surface area (Å²) in [5.74, 6) is -0.933. The molecule has 4 heteroatoms. The molecule has 0 aromatic heterocycles. The van der Waals surface area contributed by atoms with Gasteiger partial charge in [-0.05, 0) is 26.7 Å². The quantitative estimate of drug-likeness (QED) is 0.523. The van der Waals surface area contributed by atoms with Gasteiger partial charge in [0.2, 0.25) is 0 Å².